The molecule has 33 nitrogen and oxygen atoms in total. The van der Waals surface area contributed by atoms with E-state index in [9.17, 15) is 14.4 Å². The first-order chi connectivity index (χ1) is 55.5. The molecule has 0 aromatic carbocycles. The monoisotopic (exact) mass is 1600 g/mol. The zero-order valence-corrected chi connectivity index (χ0v) is 66.2. The van der Waals surface area contributed by atoms with Crippen LogP contribution in [0.25, 0.3) is 97.9 Å². The van der Waals surface area contributed by atoms with E-state index in [1.54, 1.807) is 95.3 Å². The number of hydrogen-bond acceptors (Lipinski definition) is 30. The highest BCUT2D eigenvalue weighted by Crippen LogP contribution is 2.41. The number of pyridine rings is 6. The number of imidazole rings is 3. The van der Waals surface area contributed by atoms with E-state index in [0.717, 1.165) is 120 Å². The average Bonchev–Trinajstić information content (AvgIpc) is 1.57. The molecular formula is C78H84N24O9S3. The predicted molar refractivity (Wildman–Crippen MR) is 443 cm³/mol. The number of ether oxygens (including phenoxy) is 6. The number of hydrogen-bond donors (Lipinski definition) is 9. The van der Waals surface area contributed by atoms with Gasteiger partial charge in [0, 0.05) is 116 Å². The lowest BCUT2D eigenvalue weighted by Gasteiger charge is -2.36. The van der Waals surface area contributed by atoms with Gasteiger partial charge in [0.1, 0.15) is 69.7 Å². The molecule has 0 aliphatic carbocycles. The Morgan fingerprint density at radius 1 is 0.395 bits per heavy atom. The number of nitrogens with zero attached hydrogens (tertiary/aromatic N) is 15. The fourth-order valence-corrected chi connectivity index (χ4v) is 17.4. The highest BCUT2D eigenvalue weighted by molar-refractivity contribution is 7.18. The first kappa shape index (κ1) is 76.4. The smallest absolute Gasteiger partial charge is 0.261 e. The van der Waals surface area contributed by atoms with E-state index in [4.69, 9.17) is 43.4 Å². The van der Waals surface area contributed by atoms with Gasteiger partial charge in [-0.25, -0.2) is 59.8 Å². The first-order valence-corrected chi connectivity index (χ1v) is 39.9. The summed E-state index contributed by atoms with van der Waals surface area (Å²) >= 11 is 4.59. The van der Waals surface area contributed by atoms with Crippen LogP contribution in [0.4, 0.5) is 34.5 Å². The van der Waals surface area contributed by atoms with Crippen molar-refractivity contribution in [2.75, 3.05) is 111 Å². The number of rotatable bonds is 21. The fraction of sp³-hybridized carbons (Fsp3) is 0.346. The SMILES string of the molecule is COCC(Nc1c(-c2nc3cc(N4C[C@@H](C)O[C@@H](C)C4)ncc3[nH]2)c(=O)[nH]c2ccsc12)c1ncccn1.COC[C@@H](Nc1c(-c2nc3cc(N4C[C@@H](C)O[C@@H](C)C4)ncc3[nH]2)c(=O)[nH]c2ccsc12)c1ncccn1.COC[C@H](Nc1c(-c2nc3cc(N4C[C@@H](C)O[C@@H](C)C4)ncc3[nH]2)c(=O)[nH]c2ccsc12)c1ncccn1. The molecule has 0 amide bonds. The van der Waals surface area contributed by atoms with Crippen LogP contribution in [0.15, 0.2) is 141 Å². The second-order valence-corrected chi connectivity index (χ2v) is 31.1. The Bertz CT molecular complexity index is 5450. The van der Waals surface area contributed by atoms with Gasteiger partial charge < -0.3 is 89.0 Å². The van der Waals surface area contributed by atoms with Crippen LogP contribution in [0.3, 0.4) is 0 Å². The zero-order valence-electron chi connectivity index (χ0n) is 63.8. The van der Waals surface area contributed by atoms with Gasteiger partial charge in [0.25, 0.3) is 16.7 Å². The maximum atomic E-state index is 13.4. The molecule has 15 aromatic heterocycles. The van der Waals surface area contributed by atoms with Gasteiger partial charge in [0.05, 0.1) is 156 Å². The van der Waals surface area contributed by atoms with Crippen LogP contribution in [-0.4, -0.2) is 207 Å². The van der Waals surface area contributed by atoms with Crippen molar-refractivity contribution in [1.82, 2.24) is 89.7 Å². The summed E-state index contributed by atoms with van der Waals surface area (Å²) in [4.78, 5) is 121. The van der Waals surface area contributed by atoms with Crippen molar-refractivity contribution in [3.05, 3.63) is 175 Å². The van der Waals surface area contributed by atoms with Crippen LogP contribution in [0.2, 0.25) is 0 Å². The van der Waals surface area contributed by atoms with Crippen LogP contribution in [0.5, 0.6) is 0 Å². The number of anilines is 6. The largest absolute Gasteiger partial charge is 0.382 e. The summed E-state index contributed by atoms with van der Waals surface area (Å²) < 4.78 is 36.7. The quantitative estimate of drug-likeness (QED) is 0.0323. The molecule has 18 rings (SSSR count). The Morgan fingerprint density at radius 3 is 0.912 bits per heavy atom. The maximum absolute atomic E-state index is 13.4. The Hall–Kier alpha value is -11.6. The minimum atomic E-state index is -0.380. The molecule has 3 saturated heterocycles. The van der Waals surface area contributed by atoms with Gasteiger partial charge in [0.2, 0.25) is 0 Å². The Kier molecular flexibility index (Phi) is 22.5. The second kappa shape index (κ2) is 33.6. The summed E-state index contributed by atoms with van der Waals surface area (Å²) in [5.74, 6) is 5.55. The molecule has 1 unspecified atom stereocenters. The number of methoxy groups -OCH3 is 3. The van der Waals surface area contributed by atoms with Crippen LogP contribution >= 0.6 is 34.0 Å². The molecule has 0 saturated carbocycles. The zero-order chi connectivity index (χ0) is 78.7. The fourth-order valence-electron chi connectivity index (χ4n) is 14.8. The first-order valence-electron chi connectivity index (χ1n) is 37.3. The molecule has 0 bridgehead atoms. The second-order valence-electron chi connectivity index (χ2n) is 28.3. The molecule has 3 fully saturated rings. The van der Waals surface area contributed by atoms with E-state index >= 15 is 0 Å². The molecule has 3 aliphatic heterocycles. The van der Waals surface area contributed by atoms with Crippen molar-refractivity contribution in [1.29, 1.82) is 0 Å². The minimum Gasteiger partial charge on any atom is -0.382 e. The normalized spacial score (nSPS) is 18.8. The van der Waals surface area contributed by atoms with Gasteiger partial charge in [-0.3, -0.25) is 14.4 Å². The number of aromatic nitrogens is 18. The molecule has 15 aromatic rings. The van der Waals surface area contributed by atoms with Crippen molar-refractivity contribution in [3.63, 3.8) is 0 Å². The summed E-state index contributed by atoms with van der Waals surface area (Å²) in [5, 5.41) is 16.3. The highest BCUT2D eigenvalue weighted by Gasteiger charge is 2.32. The van der Waals surface area contributed by atoms with Gasteiger partial charge in [0.15, 0.2) is 17.5 Å². The van der Waals surface area contributed by atoms with Gasteiger partial charge in [-0.05, 0) is 94.1 Å². The summed E-state index contributed by atoms with van der Waals surface area (Å²) in [6.07, 6.45) is 16.1. The lowest BCUT2D eigenvalue weighted by Crippen LogP contribution is -2.45. The van der Waals surface area contributed by atoms with Crippen molar-refractivity contribution in [2.24, 2.45) is 0 Å². The molecule has 9 atom stereocenters. The van der Waals surface area contributed by atoms with Crippen molar-refractivity contribution < 1.29 is 28.4 Å². The summed E-state index contributed by atoms with van der Waals surface area (Å²) in [6, 6.07) is 15.7. The van der Waals surface area contributed by atoms with Gasteiger partial charge in [-0.15, -0.1) is 34.0 Å². The van der Waals surface area contributed by atoms with Crippen LogP contribution in [0.1, 0.15) is 77.1 Å². The number of H-pyrrole nitrogens is 6. The standard InChI is InChI=1S/3C26H28N8O3S/c3*1-14-11-34(12-15(2)37-14)20-9-17-18(10-29-20)32-25(31-17)21-22(23-16(5-8-38-23)33-26(21)35)30-19(13-36-3)24-27-6-4-7-28-24/h3*4-10,14-15,19H,11-13H2,1-3H3,(H,31,32)(H2,30,33,35)/t14-,15+,19?;2*14-,15+,19-/m.10/s1. The third kappa shape index (κ3) is 16.3. The Labute approximate surface area is 663 Å². The molecule has 18 heterocycles. The molecule has 0 spiro atoms. The number of fused-ring (bicyclic) bond motifs is 6. The van der Waals surface area contributed by atoms with Crippen LogP contribution in [-0.2, 0) is 28.4 Å². The van der Waals surface area contributed by atoms with Crippen molar-refractivity contribution in [2.45, 2.75) is 96.3 Å². The van der Waals surface area contributed by atoms with E-state index in [1.165, 1.54) is 34.0 Å². The van der Waals surface area contributed by atoms with Gasteiger partial charge in [-0.1, -0.05) is 0 Å². The third-order valence-electron chi connectivity index (χ3n) is 19.5. The Morgan fingerprint density at radius 2 is 0.658 bits per heavy atom. The molecule has 588 valence electrons. The minimum absolute atomic E-state index is 0.115. The highest BCUT2D eigenvalue weighted by atomic mass is 32.1. The maximum Gasteiger partial charge on any atom is 0.261 e. The van der Waals surface area contributed by atoms with E-state index in [1.807, 2.05) is 52.5 Å². The lowest BCUT2D eigenvalue weighted by atomic mass is 10.1. The van der Waals surface area contributed by atoms with Gasteiger partial charge in [-0.2, -0.15) is 0 Å². The summed E-state index contributed by atoms with van der Waals surface area (Å²) in [7, 11) is 4.87. The van der Waals surface area contributed by atoms with E-state index in [0.29, 0.717) is 88.5 Å². The number of aromatic amines is 6. The van der Waals surface area contributed by atoms with E-state index in [2.05, 4.69) is 147 Å². The topological polar surface area (TPSA) is 402 Å². The van der Waals surface area contributed by atoms with Gasteiger partial charge >= 0.3 is 0 Å². The van der Waals surface area contributed by atoms with E-state index in [-0.39, 0.29) is 71.4 Å². The van der Waals surface area contributed by atoms with Crippen LogP contribution in [0, 0.1) is 0 Å². The Balaban J connectivity index is 0.000000129. The lowest BCUT2D eigenvalue weighted by molar-refractivity contribution is -0.00571. The third-order valence-corrected chi connectivity index (χ3v) is 22.3. The molecule has 3 aliphatic rings. The average molecular weight is 1600 g/mol. The number of thiophene rings is 3. The molecule has 9 N–H and O–H groups in total. The molecular weight excluding hydrogens is 1510 g/mol. The molecule has 0 radical (unpaired) electrons. The summed E-state index contributed by atoms with van der Waals surface area (Å²) in [6.45, 7) is 17.8. The number of morpholine rings is 3. The predicted octanol–water partition coefficient (Wildman–Crippen LogP) is 11.2. The molecule has 36 heteroatoms. The van der Waals surface area contributed by atoms with Crippen molar-refractivity contribution >= 4 is 132 Å². The number of nitrogens with one attached hydrogen (secondary N) is 9. The van der Waals surface area contributed by atoms with Crippen molar-refractivity contribution in [3.8, 4) is 34.2 Å². The summed E-state index contributed by atoms with van der Waals surface area (Å²) in [5.41, 5.74) is 9.04. The van der Waals surface area contributed by atoms with E-state index < -0.39 is 0 Å². The molecule has 114 heavy (non-hydrogen) atoms. The van der Waals surface area contributed by atoms with Crippen LogP contribution < -0.4 is 47.3 Å².